The molecule has 1 fully saturated rings. The standard InChI is InChI=1S/C15H18N4O3.ClH/c1-10-7-16-4-5-19(10)8-14-17-15(18-22-14)11-2-3-12-13(6-11)21-9-20-12;/h2-3,6,10,16H,4-5,7-9H2,1H3;1H/t10-;/m0./s1. The second-order valence-corrected chi connectivity index (χ2v) is 5.60. The number of hydrogen-bond donors (Lipinski definition) is 1. The molecule has 7 nitrogen and oxygen atoms in total. The van der Waals surface area contributed by atoms with Crippen LogP contribution in [0.4, 0.5) is 0 Å². The number of rotatable bonds is 3. The number of ether oxygens (including phenoxy) is 2. The van der Waals surface area contributed by atoms with Gasteiger partial charge in [-0.3, -0.25) is 4.90 Å². The van der Waals surface area contributed by atoms with Crippen molar-refractivity contribution in [3.8, 4) is 22.9 Å². The van der Waals surface area contributed by atoms with E-state index < -0.39 is 0 Å². The van der Waals surface area contributed by atoms with E-state index in [4.69, 9.17) is 14.0 Å². The van der Waals surface area contributed by atoms with Gasteiger partial charge >= 0.3 is 0 Å². The number of nitrogens with zero attached hydrogens (tertiary/aromatic N) is 3. The Morgan fingerprint density at radius 1 is 1.30 bits per heavy atom. The highest BCUT2D eigenvalue weighted by Crippen LogP contribution is 2.35. The number of benzene rings is 1. The van der Waals surface area contributed by atoms with Crippen LogP contribution in [0.5, 0.6) is 11.5 Å². The van der Waals surface area contributed by atoms with Crippen LogP contribution < -0.4 is 14.8 Å². The minimum absolute atomic E-state index is 0. The molecular weight excluding hydrogens is 320 g/mol. The van der Waals surface area contributed by atoms with E-state index in [0.29, 0.717) is 24.3 Å². The zero-order valence-corrected chi connectivity index (χ0v) is 13.6. The summed E-state index contributed by atoms with van der Waals surface area (Å²) in [6, 6.07) is 6.13. The lowest BCUT2D eigenvalue weighted by Crippen LogP contribution is -2.49. The first-order valence-electron chi connectivity index (χ1n) is 7.47. The maximum Gasteiger partial charge on any atom is 0.241 e. The van der Waals surface area contributed by atoms with Crippen LogP contribution in [0.2, 0.25) is 0 Å². The van der Waals surface area contributed by atoms with Crippen LogP contribution in [0.1, 0.15) is 12.8 Å². The quantitative estimate of drug-likeness (QED) is 0.912. The Bertz CT molecular complexity index is 678. The van der Waals surface area contributed by atoms with E-state index in [0.717, 1.165) is 36.7 Å². The summed E-state index contributed by atoms with van der Waals surface area (Å²) in [4.78, 5) is 6.84. The second kappa shape index (κ2) is 6.74. The monoisotopic (exact) mass is 338 g/mol. The fourth-order valence-electron chi connectivity index (χ4n) is 2.76. The SMILES string of the molecule is C[C@H]1CNCCN1Cc1nc(-c2ccc3c(c2)OCO3)no1.Cl. The van der Waals surface area contributed by atoms with Gasteiger partial charge in [-0.05, 0) is 25.1 Å². The van der Waals surface area contributed by atoms with Crippen LogP contribution in [0.25, 0.3) is 11.4 Å². The Balaban J connectivity index is 0.00000156. The Morgan fingerprint density at radius 2 is 2.17 bits per heavy atom. The van der Waals surface area contributed by atoms with E-state index in [1.54, 1.807) is 0 Å². The maximum atomic E-state index is 5.39. The zero-order chi connectivity index (χ0) is 14.9. The van der Waals surface area contributed by atoms with E-state index in [1.165, 1.54) is 0 Å². The van der Waals surface area contributed by atoms with Gasteiger partial charge in [0.05, 0.1) is 6.54 Å². The van der Waals surface area contributed by atoms with Crippen molar-refractivity contribution in [1.29, 1.82) is 0 Å². The van der Waals surface area contributed by atoms with Crippen LogP contribution in [-0.2, 0) is 6.54 Å². The Labute approximate surface area is 140 Å². The summed E-state index contributed by atoms with van der Waals surface area (Å²) >= 11 is 0. The Kier molecular flexibility index (Phi) is 4.70. The van der Waals surface area contributed by atoms with Crippen LogP contribution >= 0.6 is 12.4 Å². The first-order valence-corrected chi connectivity index (χ1v) is 7.47. The third-order valence-electron chi connectivity index (χ3n) is 4.08. The van der Waals surface area contributed by atoms with Gasteiger partial charge in [-0.1, -0.05) is 5.16 Å². The lowest BCUT2D eigenvalue weighted by atomic mass is 10.2. The number of halogens is 1. The van der Waals surface area contributed by atoms with Crippen molar-refractivity contribution in [1.82, 2.24) is 20.4 Å². The smallest absolute Gasteiger partial charge is 0.241 e. The van der Waals surface area contributed by atoms with Crippen LogP contribution in [0.3, 0.4) is 0 Å². The molecule has 1 aromatic carbocycles. The van der Waals surface area contributed by atoms with Gasteiger partial charge in [0, 0.05) is 31.2 Å². The maximum absolute atomic E-state index is 5.39. The van der Waals surface area contributed by atoms with Gasteiger partial charge in [-0.25, -0.2) is 0 Å². The molecule has 2 aliphatic rings. The highest BCUT2D eigenvalue weighted by atomic mass is 35.5. The van der Waals surface area contributed by atoms with Crippen LogP contribution in [0, 0.1) is 0 Å². The van der Waals surface area contributed by atoms with Crippen molar-refractivity contribution in [2.75, 3.05) is 26.4 Å². The van der Waals surface area contributed by atoms with E-state index >= 15 is 0 Å². The van der Waals surface area contributed by atoms with E-state index in [1.807, 2.05) is 18.2 Å². The van der Waals surface area contributed by atoms with Gasteiger partial charge in [0.25, 0.3) is 0 Å². The fraction of sp³-hybridized carbons (Fsp3) is 0.467. The molecule has 0 saturated carbocycles. The molecule has 124 valence electrons. The molecule has 2 aliphatic heterocycles. The summed E-state index contributed by atoms with van der Waals surface area (Å²) < 4.78 is 16.1. The number of fused-ring (bicyclic) bond motifs is 1. The first-order chi connectivity index (χ1) is 10.8. The molecule has 4 rings (SSSR count). The van der Waals surface area contributed by atoms with Crippen LogP contribution in [-0.4, -0.2) is 47.5 Å². The third-order valence-corrected chi connectivity index (χ3v) is 4.08. The van der Waals surface area contributed by atoms with E-state index in [2.05, 4.69) is 27.3 Å². The average Bonchev–Trinajstić information content (AvgIpc) is 3.17. The molecule has 1 N–H and O–H groups in total. The Morgan fingerprint density at radius 3 is 3.04 bits per heavy atom. The molecule has 0 amide bonds. The largest absolute Gasteiger partial charge is 0.454 e. The lowest BCUT2D eigenvalue weighted by Gasteiger charge is -2.32. The normalized spacial score (nSPS) is 20.3. The van der Waals surface area contributed by atoms with Gasteiger partial charge < -0.3 is 19.3 Å². The third kappa shape index (κ3) is 3.26. The molecule has 3 heterocycles. The van der Waals surface area contributed by atoms with Gasteiger partial charge in [0.1, 0.15) is 0 Å². The predicted molar refractivity (Wildman–Crippen MR) is 85.8 cm³/mol. The molecule has 8 heteroatoms. The van der Waals surface area contributed by atoms with Gasteiger partial charge in [-0.2, -0.15) is 4.98 Å². The van der Waals surface area contributed by atoms with Gasteiger partial charge in [-0.15, -0.1) is 12.4 Å². The minimum atomic E-state index is 0. The summed E-state index contributed by atoms with van der Waals surface area (Å²) in [7, 11) is 0. The number of piperazine rings is 1. The molecule has 1 saturated heterocycles. The molecular formula is C15H19ClN4O3. The summed E-state index contributed by atoms with van der Waals surface area (Å²) in [5.41, 5.74) is 0.868. The van der Waals surface area contributed by atoms with Crippen molar-refractivity contribution in [3.63, 3.8) is 0 Å². The molecule has 1 atom stereocenters. The highest BCUT2D eigenvalue weighted by Gasteiger charge is 2.21. The summed E-state index contributed by atoms with van der Waals surface area (Å²) in [5.74, 6) is 2.69. The molecule has 1 aromatic heterocycles. The van der Waals surface area contributed by atoms with Crippen molar-refractivity contribution in [2.45, 2.75) is 19.5 Å². The van der Waals surface area contributed by atoms with Crippen LogP contribution in [0.15, 0.2) is 22.7 Å². The molecule has 2 aromatic rings. The summed E-state index contributed by atoms with van der Waals surface area (Å²) in [5, 5.41) is 7.45. The summed E-state index contributed by atoms with van der Waals surface area (Å²) in [6.07, 6.45) is 0. The number of hydrogen-bond acceptors (Lipinski definition) is 7. The highest BCUT2D eigenvalue weighted by molar-refractivity contribution is 5.85. The molecule has 0 aliphatic carbocycles. The van der Waals surface area contributed by atoms with E-state index in [-0.39, 0.29) is 19.2 Å². The molecule has 0 spiro atoms. The lowest BCUT2D eigenvalue weighted by molar-refractivity contribution is 0.146. The van der Waals surface area contributed by atoms with Crippen molar-refractivity contribution in [3.05, 3.63) is 24.1 Å². The molecule has 0 radical (unpaired) electrons. The van der Waals surface area contributed by atoms with E-state index in [9.17, 15) is 0 Å². The first kappa shape index (κ1) is 16.0. The van der Waals surface area contributed by atoms with Crippen molar-refractivity contribution >= 4 is 12.4 Å². The molecule has 0 unspecified atom stereocenters. The fourth-order valence-corrected chi connectivity index (χ4v) is 2.76. The number of aromatic nitrogens is 2. The van der Waals surface area contributed by atoms with Crippen molar-refractivity contribution in [2.24, 2.45) is 0 Å². The summed E-state index contributed by atoms with van der Waals surface area (Å²) in [6.45, 7) is 6.11. The van der Waals surface area contributed by atoms with Gasteiger partial charge in [0.2, 0.25) is 18.5 Å². The van der Waals surface area contributed by atoms with Gasteiger partial charge in [0.15, 0.2) is 11.5 Å². The topological polar surface area (TPSA) is 72.7 Å². The average molecular weight is 339 g/mol. The second-order valence-electron chi connectivity index (χ2n) is 5.60. The molecule has 0 bridgehead atoms. The van der Waals surface area contributed by atoms with Crippen molar-refractivity contribution < 1.29 is 14.0 Å². The zero-order valence-electron chi connectivity index (χ0n) is 12.8. The predicted octanol–water partition coefficient (Wildman–Crippen LogP) is 1.68. The minimum Gasteiger partial charge on any atom is -0.454 e. The Hall–Kier alpha value is -1.83. The number of nitrogens with one attached hydrogen (secondary N) is 1. The molecule has 23 heavy (non-hydrogen) atoms.